The molecule has 1 aromatic heterocycles. The molecular weight excluding hydrogens is 300 g/mol. The van der Waals surface area contributed by atoms with Crippen molar-refractivity contribution in [1.82, 2.24) is 15.6 Å². The molecule has 0 bridgehead atoms. The van der Waals surface area contributed by atoms with Crippen molar-refractivity contribution in [3.63, 3.8) is 0 Å². The zero-order valence-corrected chi connectivity index (χ0v) is 14.0. The van der Waals surface area contributed by atoms with Gasteiger partial charge >= 0.3 is 0 Å². The molecule has 5 nitrogen and oxygen atoms in total. The van der Waals surface area contributed by atoms with Crippen molar-refractivity contribution < 1.29 is 4.74 Å². The Morgan fingerprint density at radius 3 is 2.92 bits per heavy atom. The quantitative estimate of drug-likeness (QED) is 0.445. The van der Waals surface area contributed by atoms with Crippen LogP contribution in [0.3, 0.4) is 0 Å². The second-order valence-corrected chi connectivity index (χ2v) is 5.12. The van der Waals surface area contributed by atoms with E-state index in [1.54, 1.807) is 12.3 Å². The molecule has 0 aliphatic rings. The van der Waals surface area contributed by atoms with Crippen LogP contribution in [0.25, 0.3) is 0 Å². The minimum atomic E-state index is 0.455. The van der Waals surface area contributed by atoms with Gasteiger partial charge in [-0.1, -0.05) is 24.3 Å². The van der Waals surface area contributed by atoms with Crippen LogP contribution in [0.2, 0.25) is 0 Å². The second kappa shape index (κ2) is 10.0. The molecule has 2 N–H and O–H groups in total. The van der Waals surface area contributed by atoms with Gasteiger partial charge in [0.2, 0.25) is 0 Å². The van der Waals surface area contributed by atoms with Gasteiger partial charge in [0, 0.05) is 19.3 Å². The minimum Gasteiger partial charge on any atom is -0.487 e. The zero-order chi connectivity index (χ0) is 17.0. The summed E-state index contributed by atoms with van der Waals surface area (Å²) in [6, 6.07) is 13.7. The highest BCUT2D eigenvalue weighted by Gasteiger charge is 2.00. The molecule has 5 heteroatoms. The molecule has 0 unspecified atom stereocenters. The molecule has 1 heterocycles. The molecule has 2 rings (SSSR count). The van der Waals surface area contributed by atoms with Gasteiger partial charge in [-0.2, -0.15) is 0 Å². The first-order valence-corrected chi connectivity index (χ1v) is 8.06. The van der Waals surface area contributed by atoms with E-state index in [2.05, 4.69) is 27.2 Å². The van der Waals surface area contributed by atoms with Crippen LogP contribution in [0, 0.1) is 0 Å². The summed E-state index contributed by atoms with van der Waals surface area (Å²) < 4.78 is 5.80. The zero-order valence-electron chi connectivity index (χ0n) is 14.0. The summed E-state index contributed by atoms with van der Waals surface area (Å²) in [5, 5.41) is 6.38. The van der Waals surface area contributed by atoms with Gasteiger partial charge in [0.1, 0.15) is 12.4 Å². The third-order valence-electron chi connectivity index (χ3n) is 3.19. The number of aliphatic imine (C=N–C) groups is 1. The van der Waals surface area contributed by atoms with Gasteiger partial charge in [-0.05, 0) is 36.8 Å². The van der Waals surface area contributed by atoms with Gasteiger partial charge in [-0.15, -0.1) is 6.58 Å². The molecule has 2 aromatic rings. The Labute approximate surface area is 143 Å². The summed E-state index contributed by atoms with van der Waals surface area (Å²) in [7, 11) is 0. The number of pyridine rings is 1. The predicted octanol–water partition coefficient (Wildman–Crippen LogP) is 2.90. The molecule has 24 heavy (non-hydrogen) atoms. The van der Waals surface area contributed by atoms with E-state index in [1.807, 2.05) is 49.4 Å². The molecule has 0 spiro atoms. The molecular formula is C19H24N4O. The lowest BCUT2D eigenvalue weighted by Gasteiger charge is -2.10. The Balaban J connectivity index is 1.94. The first kappa shape index (κ1) is 17.5. The summed E-state index contributed by atoms with van der Waals surface area (Å²) in [5.74, 6) is 1.59. The maximum Gasteiger partial charge on any atom is 0.191 e. The fourth-order valence-corrected chi connectivity index (χ4v) is 2.06. The Morgan fingerprint density at radius 1 is 1.25 bits per heavy atom. The van der Waals surface area contributed by atoms with Gasteiger partial charge in [0.15, 0.2) is 5.96 Å². The first-order chi connectivity index (χ1) is 11.8. The minimum absolute atomic E-state index is 0.455. The molecule has 0 aliphatic heterocycles. The van der Waals surface area contributed by atoms with Crippen molar-refractivity contribution in [2.75, 3.05) is 13.1 Å². The Hall–Kier alpha value is -2.82. The highest BCUT2D eigenvalue weighted by molar-refractivity contribution is 5.79. The number of aromatic nitrogens is 1. The average Bonchev–Trinajstić information content (AvgIpc) is 2.63. The van der Waals surface area contributed by atoms with Gasteiger partial charge in [0.25, 0.3) is 0 Å². The normalized spacial score (nSPS) is 11.0. The largest absolute Gasteiger partial charge is 0.487 e. The van der Waals surface area contributed by atoms with Crippen LogP contribution >= 0.6 is 0 Å². The Morgan fingerprint density at radius 2 is 2.17 bits per heavy atom. The standard InChI is InChI=1S/C19H24N4O/c1-3-11-22-19(20-4-2)23-14-16-8-7-10-18(13-16)24-15-17-9-5-6-12-21-17/h3,5-10,12-13H,1,4,11,14-15H2,2H3,(H2,20,22,23). The average molecular weight is 324 g/mol. The van der Waals surface area contributed by atoms with Gasteiger partial charge < -0.3 is 15.4 Å². The molecule has 1 aromatic carbocycles. The number of hydrogen-bond donors (Lipinski definition) is 2. The number of nitrogens with zero attached hydrogens (tertiary/aromatic N) is 2. The summed E-state index contributed by atoms with van der Waals surface area (Å²) >= 11 is 0. The van der Waals surface area contributed by atoms with E-state index < -0.39 is 0 Å². The van der Waals surface area contributed by atoms with Crippen LogP contribution in [-0.4, -0.2) is 24.0 Å². The molecule has 0 atom stereocenters. The van der Waals surface area contributed by atoms with E-state index in [-0.39, 0.29) is 0 Å². The van der Waals surface area contributed by atoms with Crippen molar-refractivity contribution in [1.29, 1.82) is 0 Å². The molecule has 126 valence electrons. The number of guanidine groups is 1. The third-order valence-corrected chi connectivity index (χ3v) is 3.19. The third kappa shape index (κ3) is 6.12. The second-order valence-electron chi connectivity index (χ2n) is 5.12. The van der Waals surface area contributed by atoms with Crippen LogP contribution in [0.15, 0.2) is 66.3 Å². The predicted molar refractivity (Wildman–Crippen MR) is 98.0 cm³/mol. The van der Waals surface area contributed by atoms with Crippen LogP contribution in [-0.2, 0) is 13.2 Å². The fraction of sp³-hybridized carbons (Fsp3) is 0.263. The van der Waals surface area contributed by atoms with Gasteiger partial charge in [0.05, 0.1) is 12.2 Å². The summed E-state index contributed by atoms with van der Waals surface area (Å²) in [4.78, 5) is 8.81. The van der Waals surface area contributed by atoms with Crippen molar-refractivity contribution >= 4 is 5.96 Å². The van der Waals surface area contributed by atoms with E-state index in [0.29, 0.717) is 19.7 Å². The van der Waals surface area contributed by atoms with Crippen molar-refractivity contribution in [2.45, 2.75) is 20.1 Å². The van der Waals surface area contributed by atoms with E-state index in [0.717, 1.165) is 29.5 Å². The van der Waals surface area contributed by atoms with Gasteiger partial charge in [-0.25, -0.2) is 4.99 Å². The van der Waals surface area contributed by atoms with E-state index in [4.69, 9.17) is 4.74 Å². The van der Waals surface area contributed by atoms with Crippen LogP contribution in [0.4, 0.5) is 0 Å². The molecule has 0 saturated carbocycles. The molecule has 0 fully saturated rings. The highest BCUT2D eigenvalue weighted by Crippen LogP contribution is 2.15. The van der Waals surface area contributed by atoms with E-state index in [1.165, 1.54) is 0 Å². The van der Waals surface area contributed by atoms with Crippen molar-refractivity contribution in [3.05, 3.63) is 72.6 Å². The van der Waals surface area contributed by atoms with Crippen LogP contribution < -0.4 is 15.4 Å². The maximum absolute atomic E-state index is 5.80. The number of nitrogens with one attached hydrogen (secondary N) is 2. The molecule has 0 saturated heterocycles. The highest BCUT2D eigenvalue weighted by atomic mass is 16.5. The van der Waals surface area contributed by atoms with Crippen molar-refractivity contribution in [3.8, 4) is 5.75 Å². The lowest BCUT2D eigenvalue weighted by atomic mass is 10.2. The van der Waals surface area contributed by atoms with E-state index in [9.17, 15) is 0 Å². The van der Waals surface area contributed by atoms with E-state index >= 15 is 0 Å². The van der Waals surface area contributed by atoms with Gasteiger partial charge in [-0.3, -0.25) is 4.98 Å². The summed E-state index contributed by atoms with van der Waals surface area (Å²) in [6.07, 6.45) is 3.57. The summed E-state index contributed by atoms with van der Waals surface area (Å²) in [6.45, 7) is 8.27. The van der Waals surface area contributed by atoms with Crippen molar-refractivity contribution in [2.24, 2.45) is 4.99 Å². The monoisotopic (exact) mass is 324 g/mol. The Kier molecular flexibility index (Phi) is 7.34. The molecule has 0 amide bonds. The fourth-order valence-electron chi connectivity index (χ4n) is 2.06. The number of rotatable bonds is 8. The lowest BCUT2D eigenvalue weighted by Crippen LogP contribution is -2.37. The van der Waals surface area contributed by atoms with Crippen LogP contribution in [0.5, 0.6) is 5.75 Å². The number of benzene rings is 1. The number of ether oxygens (including phenoxy) is 1. The molecule has 0 radical (unpaired) electrons. The number of hydrogen-bond acceptors (Lipinski definition) is 3. The first-order valence-electron chi connectivity index (χ1n) is 8.06. The topological polar surface area (TPSA) is 58.5 Å². The SMILES string of the molecule is C=CCNC(=NCc1cccc(OCc2ccccn2)c1)NCC. The Bertz CT molecular complexity index is 655. The maximum atomic E-state index is 5.80. The lowest BCUT2D eigenvalue weighted by molar-refractivity contribution is 0.301. The summed E-state index contributed by atoms with van der Waals surface area (Å²) in [5.41, 5.74) is 1.99. The molecule has 0 aliphatic carbocycles. The smallest absolute Gasteiger partial charge is 0.191 e. The van der Waals surface area contributed by atoms with Crippen LogP contribution in [0.1, 0.15) is 18.2 Å².